The first kappa shape index (κ1) is 20.1. The second-order valence-electron chi connectivity index (χ2n) is 7.21. The molecule has 0 atom stereocenters. The summed E-state index contributed by atoms with van der Waals surface area (Å²) in [6.45, 7) is 9.75. The van der Waals surface area contributed by atoms with Crippen LogP contribution in [0.5, 0.6) is 5.75 Å². The van der Waals surface area contributed by atoms with Crippen LogP contribution < -0.4 is 4.74 Å². The predicted molar refractivity (Wildman–Crippen MR) is 97.9 cm³/mol. The van der Waals surface area contributed by atoms with Crippen molar-refractivity contribution in [2.45, 2.75) is 46.1 Å². The Labute approximate surface area is 158 Å². The van der Waals surface area contributed by atoms with Gasteiger partial charge < -0.3 is 14.4 Å². The molecule has 1 aromatic rings. The molecule has 1 aliphatic heterocycles. The van der Waals surface area contributed by atoms with Crippen molar-refractivity contribution in [1.29, 1.82) is 5.26 Å². The van der Waals surface area contributed by atoms with Crippen LogP contribution >= 0.6 is 11.6 Å². The lowest BCUT2D eigenvalue weighted by molar-refractivity contribution is 0.00791. The fraction of sp³-hybridized carbons (Fsp3) is 0.526. The quantitative estimate of drug-likeness (QED) is 0.735. The number of hydrogen-bond donors (Lipinski definition) is 0. The molecule has 0 aromatic heterocycles. The third-order valence-electron chi connectivity index (χ3n) is 3.99. The maximum atomic E-state index is 12.2. The standard InChI is InChI=1S/C19H23ClN2O4/c1-6-25-17-13(11(2)23)7-15(20)14(8-21)16(17)12-9-22(10-12)18(24)26-19(3,4)5/h7,12H,6,9-10H2,1-5H3. The van der Waals surface area contributed by atoms with E-state index in [1.165, 1.54) is 13.0 Å². The van der Waals surface area contributed by atoms with E-state index in [0.29, 0.717) is 36.6 Å². The number of hydrogen-bond acceptors (Lipinski definition) is 5. The van der Waals surface area contributed by atoms with Crippen LogP contribution in [-0.4, -0.2) is 42.1 Å². The number of ketones is 1. The number of benzene rings is 1. The van der Waals surface area contributed by atoms with Crippen LogP contribution in [0.1, 0.15) is 62.0 Å². The van der Waals surface area contributed by atoms with Gasteiger partial charge in [0.15, 0.2) is 5.78 Å². The highest BCUT2D eigenvalue weighted by molar-refractivity contribution is 6.32. The van der Waals surface area contributed by atoms with Gasteiger partial charge in [-0.2, -0.15) is 5.26 Å². The van der Waals surface area contributed by atoms with Crippen LogP contribution in [-0.2, 0) is 4.74 Å². The smallest absolute Gasteiger partial charge is 0.410 e. The Bertz CT molecular complexity index is 771. The van der Waals surface area contributed by atoms with E-state index < -0.39 is 11.7 Å². The molecule has 0 saturated carbocycles. The molecule has 6 nitrogen and oxygen atoms in total. The molecule has 1 heterocycles. The largest absolute Gasteiger partial charge is 0.493 e. The average molecular weight is 379 g/mol. The van der Waals surface area contributed by atoms with Crippen LogP contribution in [0.2, 0.25) is 5.02 Å². The Morgan fingerprint density at radius 3 is 2.46 bits per heavy atom. The minimum atomic E-state index is -0.575. The molecule has 0 unspecified atom stereocenters. The van der Waals surface area contributed by atoms with Crippen molar-refractivity contribution in [2.24, 2.45) is 0 Å². The molecule has 1 aliphatic rings. The zero-order chi connectivity index (χ0) is 19.6. The van der Waals surface area contributed by atoms with Crippen LogP contribution in [0.3, 0.4) is 0 Å². The van der Waals surface area contributed by atoms with Crippen LogP contribution in [0.4, 0.5) is 4.79 Å². The van der Waals surface area contributed by atoms with Gasteiger partial charge >= 0.3 is 6.09 Å². The Balaban J connectivity index is 2.36. The molecule has 1 saturated heterocycles. The van der Waals surface area contributed by atoms with E-state index in [1.54, 1.807) is 25.7 Å². The lowest BCUT2D eigenvalue weighted by Crippen LogP contribution is -2.50. The highest BCUT2D eigenvalue weighted by Crippen LogP contribution is 2.41. The van der Waals surface area contributed by atoms with Crippen molar-refractivity contribution in [1.82, 2.24) is 4.90 Å². The second-order valence-corrected chi connectivity index (χ2v) is 7.61. The maximum absolute atomic E-state index is 12.2. The highest BCUT2D eigenvalue weighted by Gasteiger charge is 2.38. The van der Waals surface area contributed by atoms with E-state index in [-0.39, 0.29) is 22.3 Å². The SMILES string of the molecule is CCOc1c(C(C)=O)cc(Cl)c(C#N)c1C1CN(C(=O)OC(C)(C)C)C1. The van der Waals surface area contributed by atoms with E-state index in [4.69, 9.17) is 21.1 Å². The summed E-state index contributed by atoms with van der Waals surface area (Å²) >= 11 is 6.23. The van der Waals surface area contributed by atoms with Gasteiger partial charge in [0.25, 0.3) is 0 Å². The van der Waals surface area contributed by atoms with Gasteiger partial charge in [0.05, 0.1) is 22.8 Å². The number of amides is 1. The molecule has 7 heteroatoms. The van der Waals surface area contributed by atoms with Crippen LogP contribution in [0.25, 0.3) is 0 Å². The van der Waals surface area contributed by atoms with Crippen molar-refractivity contribution >= 4 is 23.5 Å². The van der Waals surface area contributed by atoms with Crippen molar-refractivity contribution < 1.29 is 19.1 Å². The molecular weight excluding hydrogens is 356 g/mol. The van der Waals surface area contributed by atoms with Gasteiger partial charge in [-0.25, -0.2) is 4.79 Å². The van der Waals surface area contributed by atoms with Crippen LogP contribution in [0, 0.1) is 11.3 Å². The Morgan fingerprint density at radius 1 is 1.38 bits per heavy atom. The number of halogens is 1. The van der Waals surface area contributed by atoms with E-state index in [2.05, 4.69) is 6.07 Å². The molecule has 0 spiro atoms. The number of Topliss-reactive ketones (excluding diaryl/α,β-unsaturated/α-hetero) is 1. The third-order valence-corrected chi connectivity index (χ3v) is 4.29. The van der Waals surface area contributed by atoms with Gasteiger partial charge in [0.2, 0.25) is 0 Å². The zero-order valence-electron chi connectivity index (χ0n) is 15.7. The molecule has 1 fully saturated rings. The number of nitrogens with zero attached hydrogens (tertiary/aromatic N) is 2. The molecule has 0 radical (unpaired) electrons. The molecular formula is C19H23ClN2O4. The minimum absolute atomic E-state index is 0.143. The predicted octanol–water partition coefficient (Wildman–Crippen LogP) is 4.15. The highest BCUT2D eigenvalue weighted by atomic mass is 35.5. The molecule has 1 amide bonds. The molecule has 1 aromatic carbocycles. The first-order chi connectivity index (χ1) is 12.1. The summed E-state index contributed by atoms with van der Waals surface area (Å²) in [5, 5.41) is 9.75. The molecule has 0 N–H and O–H groups in total. The summed E-state index contributed by atoms with van der Waals surface area (Å²) in [4.78, 5) is 25.7. The number of likely N-dealkylation sites (tertiary alicyclic amines) is 1. The zero-order valence-corrected chi connectivity index (χ0v) is 16.4. The van der Waals surface area contributed by atoms with Gasteiger partial charge in [-0.1, -0.05) is 11.6 Å². The monoisotopic (exact) mass is 378 g/mol. The van der Waals surface area contributed by atoms with E-state index in [1.807, 2.05) is 6.92 Å². The normalized spacial score (nSPS) is 14.4. The number of rotatable bonds is 4. The summed E-state index contributed by atoms with van der Waals surface area (Å²) < 4.78 is 11.1. The number of nitriles is 1. The van der Waals surface area contributed by atoms with E-state index in [0.717, 1.165) is 0 Å². The average Bonchev–Trinajstić information content (AvgIpc) is 2.46. The minimum Gasteiger partial charge on any atom is -0.493 e. The molecule has 0 bridgehead atoms. The lowest BCUT2D eigenvalue weighted by Gasteiger charge is -2.41. The number of ether oxygens (including phenoxy) is 2. The molecule has 26 heavy (non-hydrogen) atoms. The Morgan fingerprint density at radius 2 is 2.00 bits per heavy atom. The molecule has 140 valence electrons. The van der Waals surface area contributed by atoms with E-state index >= 15 is 0 Å². The summed E-state index contributed by atoms with van der Waals surface area (Å²) in [5.74, 6) is 0.0507. The Hall–Kier alpha value is -2.26. The molecule has 2 rings (SSSR count). The third kappa shape index (κ3) is 4.10. The second kappa shape index (κ2) is 7.55. The van der Waals surface area contributed by atoms with Gasteiger partial charge in [-0.05, 0) is 40.7 Å². The Kier molecular flexibility index (Phi) is 5.82. The van der Waals surface area contributed by atoms with Crippen LogP contribution in [0.15, 0.2) is 6.07 Å². The number of carbonyl (C=O) groups is 2. The summed E-state index contributed by atoms with van der Waals surface area (Å²) in [6.07, 6.45) is -0.404. The van der Waals surface area contributed by atoms with E-state index in [9.17, 15) is 14.9 Å². The topological polar surface area (TPSA) is 79.6 Å². The van der Waals surface area contributed by atoms with Gasteiger partial charge in [-0.15, -0.1) is 0 Å². The van der Waals surface area contributed by atoms with Crippen molar-refractivity contribution in [3.63, 3.8) is 0 Å². The summed E-state index contributed by atoms with van der Waals surface area (Å²) in [5.41, 5.74) is 0.649. The van der Waals surface area contributed by atoms with Gasteiger partial charge in [0, 0.05) is 24.6 Å². The van der Waals surface area contributed by atoms with Gasteiger partial charge in [0.1, 0.15) is 17.4 Å². The van der Waals surface area contributed by atoms with Gasteiger partial charge in [-0.3, -0.25) is 4.79 Å². The molecule has 0 aliphatic carbocycles. The summed E-state index contributed by atoms with van der Waals surface area (Å²) in [7, 11) is 0. The number of carbonyl (C=O) groups excluding carboxylic acids is 2. The first-order valence-corrected chi connectivity index (χ1v) is 8.85. The maximum Gasteiger partial charge on any atom is 0.410 e. The van der Waals surface area contributed by atoms with Crippen molar-refractivity contribution in [2.75, 3.05) is 19.7 Å². The lowest BCUT2D eigenvalue weighted by atomic mass is 9.85. The van der Waals surface area contributed by atoms with Crippen molar-refractivity contribution in [3.05, 3.63) is 27.8 Å². The summed E-state index contributed by atoms with van der Waals surface area (Å²) in [6, 6.07) is 3.58. The van der Waals surface area contributed by atoms with Crippen molar-refractivity contribution in [3.8, 4) is 11.8 Å². The first-order valence-electron chi connectivity index (χ1n) is 8.47. The fourth-order valence-corrected chi connectivity index (χ4v) is 3.11. The fourth-order valence-electron chi connectivity index (χ4n) is 2.85.